The summed E-state index contributed by atoms with van der Waals surface area (Å²) in [4.78, 5) is 24.4. The van der Waals surface area contributed by atoms with E-state index >= 15 is 0 Å². The van der Waals surface area contributed by atoms with Crippen molar-refractivity contribution in [1.29, 1.82) is 0 Å². The van der Waals surface area contributed by atoms with Gasteiger partial charge < -0.3 is 30.0 Å². The molecule has 1 saturated heterocycles. The molecule has 42 heavy (non-hydrogen) atoms. The number of sulfonamides is 1. The molecule has 3 N–H and O–H groups in total. The normalized spacial score (nSPS) is 19.5. The summed E-state index contributed by atoms with van der Waals surface area (Å²) in [6.07, 6.45) is 1.46. The third kappa shape index (κ3) is 11.8. The van der Waals surface area contributed by atoms with Crippen molar-refractivity contribution in [2.45, 2.75) is 65.7 Å². The standard InChI is InChI=1S/C30H47N3O8S/c1-21(2)17-33(42(37,38)23(4)13-12-22(3)31-24(5)34)18-28(35)27(16-25-10-8-7-9-11-25)32-30(36)41-29-20-40-19-26(29)14-15-39-6/h7-13,21,26-29,35H,14-20H2,1-6H3,(H,31,34)(H,32,36). The van der Waals surface area contributed by atoms with Crippen LogP contribution in [0, 0.1) is 11.8 Å². The molecule has 0 saturated carbocycles. The number of carbonyl (C=O) groups is 2. The summed E-state index contributed by atoms with van der Waals surface area (Å²) in [5.74, 6) is -0.296. The van der Waals surface area contributed by atoms with Gasteiger partial charge in [0.15, 0.2) is 0 Å². The van der Waals surface area contributed by atoms with Crippen LogP contribution in [0.2, 0.25) is 0 Å². The van der Waals surface area contributed by atoms with Gasteiger partial charge in [-0.25, -0.2) is 13.2 Å². The SMILES string of the molecule is COCCC1COCC1OC(=O)NC(Cc1ccccc1)C(O)CN(CC(C)C)S(=O)(=O)C(C)=CC=C(C)NC(C)=O. The summed E-state index contributed by atoms with van der Waals surface area (Å²) in [7, 11) is -2.37. The lowest BCUT2D eigenvalue weighted by Gasteiger charge is -2.31. The van der Waals surface area contributed by atoms with Gasteiger partial charge in [-0.2, -0.15) is 4.31 Å². The smallest absolute Gasteiger partial charge is 0.407 e. The van der Waals surface area contributed by atoms with Crippen LogP contribution < -0.4 is 10.6 Å². The second kappa shape index (κ2) is 17.4. The van der Waals surface area contributed by atoms with Crippen molar-refractivity contribution in [3.63, 3.8) is 0 Å². The van der Waals surface area contributed by atoms with Gasteiger partial charge in [-0.15, -0.1) is 0 Å². The Labute approximate surface area is 250 Å². The van der Waals surface area contributed by atoms with E-state index in [0.29, 0.717) is 25.3 Å². The number of amides is 2. The molecule has 0 spiro atoms. The number of allylic oxidation sites excluding steroid dienone is 4. The number of methoxy groups -OCH3 is 1. The van der Waals surface area contributed by atoms with Crippen LogP contribution in [0.5, 0.6) is 0 Å². The van der Waals surface area contributed by atoms with Gasteiger partial charge in [-0.05, 0) is 50.3 Å². The van der Waals surface area contributed by atoms with Gasteiger partial charge in [0.1, 0.15) is 6.10 Å². The summed E-state index contributed by atoms with van der Waals surface area (Å²) in [6.45, 7) is 9.42. The first kappa shape index (κ1) is 35.4. The van der Waals surface area contributed by atoms with E-state index in [1.807, 2.05) is 44.2 Å². The predicted molar refractivity (Wildman–Crippen MR) is 161 cm³/mol. The highest BCUT2D eigenvalue weighted by Crippen LogP contribution is 2.22. The van der Waals surface area contributed by atoms with Gasteiger partial charge in [0.25, 0.3) is 0 Å². The lowest BCUT2D eigenvalue weighted by Crippen LogP contribution is -2.51. The molecule has 1 heterocycles. The number of aliphatic hydroxyl groups is 1. The number of hydrogen-bond donors (Lipinski definition) is 3. The van der Waals surface area contributed by atoms with Crippen molar-refractivity contribution >= 4 is 22.0 Å². The molecule has 1 aromatic rings. The topological polar surface area (TPSA) is 144 Å². The fourth-order valence-corrected chi connectivity index (χ4v) is 6.08. The number of hydrogen-bond acceptors (Lipinski definition) is 8. The maximum absolute atomic E-state index is 13.6. The molecule has 4 atom stereocenters. The van der Waals surface area contributed by atoms with Crippen molar-refractivity contribution in [2.24, 2.45) is 11.8 Å². The third-order valence-corrected chi connectivity index (χ3v) is 8.73. The maximum atomic E-state index is 13.6. The minimum Gasteiger partial charge on any atom is -0.443 e. The van der Waals surface area contributed by atoms with Crippen molar-refractivity contribution in [3.05, 3.63) is 58.6 Å². The molecule has 1 aliphatic rings. The summed E-state index contributed by atoms with van der Waals surface area (Å²) in [5, 5.41) is 16.8. The summed E-state index contributed by atoms with van der Waals surface area (Å²) < 4.78 is 44.7. The molecule has 1 fully saturated rings. The fraction of sp³-hybridized carbons (Fsp3) is 0.600. The third-order valence-electron chi connectivity index (χ3n) is 6.80. The summed E-state index contributed by atoms with van der Waals surface area (Å²) in [6, 6.07) is 8.48. The van der Waals surface area contributed by atoms with Crippen molar-refractivity contribution < 1.29 is 37.3 Å². The molecular weight excluding hydrogens is 562 g/mol. The fourth-order valence-electron chi connectivity index (χ4n) is 4.59. The monoisotopic (exact) mass is 609 g/mol. The molecule has 2 rings (SSSR count). The molecule has 0 bridgehead atoms. The van der Waals surface area contributed by atoms with Gasteiger partial charge in [0, 0.05) is 45.3 Å². The number of alkyl carbamates (subject to hydrolysis) is 1. The molecule has 1 aromatic carbocycles. The second-order valence-electron chi connectivity index (χ2n) is 11.1. The largest absolute Gasteiger partial charge is 0.443 e. The van der Waals surface area contributed by atoms with Crippen LogP contribution >= 0.6 is 0 Å². The highest BCUT2D eigenvalue weighted by Gasteiger charge is 2.34. The quantitative estimate of drug-likeness (QED) is 0.243. The van der Waals surface area contributed by atoms with Crippen LogP contribution in [0.15, 0.2) is 53.1 Å². The van der Waals surface area contributed by atoms with E-state index in [1.165, 1.54) is 30.3 Å². The van der Waals surface area contributed by atoms with E-state index in [0.717, 1.165) is 5.56 Å². The zero-order chi connectivity index (χ0) is 31.3. The van der Waals surface area contributed by atoms with Crippen LogP contribution in [0.1, 0.15) is 46.6 Å². The highest BCUT2D eigenvalue weighted by molar-refractivity contribution is 7.93. The molecule has 0 aromatic heterocycles. The minimum absolute atomic E-state index is 0.00188. The molecule has 11 nitrogen and oxygen atoms in total. The summed E-state index contributed by atoms with van der Waals surface area (Å²) in [5.41, 5.74) is 1.35. The van der Waals surface area contributed by atoms with Gasteiger partial charge in [-0.1, -0.05) is 44.2 Å². The number of benzene rings is 1. The van der Waals surface area contributed by atoms with Gasteiger partial charge in [-0.3, -0.25) is 4.79 Å². The zero-order valence-electron chi connectivity index (χ0n) is 25.5. The first-order chi connectivity index (χ1) is 19.8. The lowest BCUT2D eigenvalue weighted by molar-refractivity contribution is -0.118. The molecule has 2 amide bonds. The molecule has 236 valence electrons. The molecule has 12 heteroatoms. The Morgan fingerprint density at radius 1 is 1.12 bits per heavy atom. The van der Waals surface area contributed by atoms with Crippen molar-refractivity contribution in [2.75, 3.05) is 40.0 Å². The number of nitrogens with one attached hydrogen (secondary N) is 2. The summed E-state index contributed by atoms with van der Waals surface area (Å²) >= 11 is 0. The van der Waals surface area contributed by atoms with Gasteiger partial charge in [0.05, 0.1) is 30.3 Å². The number of aliphatic hydroxyl groups excluding tert-OH is 1. The highest BCUT2D eigenvalue weighted by atomic mass is 32.2. The Balaban J connectivity index is 2.25. The lowest BCUT2D eigenvalue weighted by atomic mass is 10.0. The van der Waals surface area contributed by atoms with E-state index in [2.05, 4.69) is 10.6 Å². The van der Waals surface area contributed by atoms with E-state index in [-0.39, 0.29) is 48.8 Å². The van der Waals surface area contributed by atoms with Crippen molar-refractivity contribution in [3.8, 4) is 0 Å². The minimum atomic E-state index is -3.98. The molecular formula is C30H47N3O8S. The van der Waals surface area contributed by atoms with Gasteiger partial charge >= 0.3 is 6.09 Å². The van der Waals surface area contributed by atoms with Crippen LogP contribution in [0.4, 0.5) is 4.79 Å². The van der Waals surface area contributed by atoms with E-state index < -0.39 is 34.4 Å². The molecule has 0 radical (unpaired) electrons. The molecule has 4 unspecified atom stereocenters. The van der Waals surface area contributed by atoms with E-state index in [9.17, 15) is 23.1 Å². The molecule has 0 aliphatic carbocycles. The van der Waals surface area contributed by atoms with Crippen LogP contribution in [0.3, 0.4) is 0 Å². The second-order valence-corrected chi connectivity index (χ2v) is 13.2. The van der Waals surface area contributed by atoms with Gasteiger partial charge in [0.2, 0.25) is 15.9 Å². The van der Waals surface area contributed by atoms with Crippen molar-refractivity contribution in [1.82, 2.24) is 14.9 Å². The Morgan fingerprint density at radius 3 is 2.43 bits per heavy atom. The Morgan fingerprint density at radius 2 is 1.81 bits per heavy atom. The predicted octanol–water partition coefficient (Wildman–Crippen LogP) is 2.97. The Kier molecular flexibility index (Phi) is 14.7. The Hall–Kier alpha value is -2.77. The first-order valence-electron chi connectivity index (χ1n) is 14.2. The average Bonchev–Trinajstić information content (AvgIpc) is 3.36. The Bertz CT molecular complexity index is 1170. The van der Waals surface area contributed by atoms with Crippen LogP contribution in [0.25, 0.3) is 0 Å². The van der Waals surface area contributed by atoms with E-state index in [1.54, 1.807) is 14.0 Å². The number of rotatable bonds is 16. The van der Waals surface area contributed by atoms with E-state index in [4.69, 9.17) is 14.2 Å². The van der Waals surface area contributed by atoms with Crippen LogP contribution in [-0.4, -0.2) is 88.1 Å². The maximum Gasteiger partial charge on any atom is 0.407 e. The number of carbonyl (C=O) groups excluding carboxylic acids is 2. The average molecular weight is 610 g/mol. The number of ether oxygens (including phenoxy) is 3. The zero-order valence-corrected chi connectivity index (χ0v) is 26.4. The van der Waals surface area contributed by atoms with Crippen LogP contribution in [-0.2, 0) is 35.4 Å². The first-order valence-corrected chi connectivity index (χ1v) is 15.7. The number of nitrogens with zero attached hydrogens (tertiary/aromatic N) is 1. The molecule has 1 aliphatic heterocycles.